The average Bonchev–Trinajstić information content (AvgIpc) is 3.19. The van der Waals surface area contributed by atoms with Crippen LogP contribution in [0.5, 0.6) is 0 Å². The maximum atomic E-state index is 12.3. The van der Waals surface area contributed by atoms with E-state index in [-0.39, 0.29) is 24.0 Å². The molecule has 114 valence electrons. The number of ether oxygens (including phenoxy) is 1. The lowest BCUT2D eigenvalue weighted by Crippen LogP contribution is -2.46. The summed E-state index contributed by atoms with van der Waals surface area (Å²) < 4.78 is 5.99. The van der Waals surface area contributed by atoms with Gasteiger partial charge in [0.1, 0.15) is 0 Å². The van der Waals surface area contributed by atoms with Crippen LogP contribution in [0.3, 0.4) is 0 Å². The van der Waals surface area contributed by atoms with Gasteiger partial charge in [-0.2, -0.15) is 0 Å². The zero-order chi connectivity index (χ0) is 14.1. The van der Waals surface area contributed by atoms with Gasteiger partial charge in [-0.15, -0.1) is 0 Å². The molecule has 3 atom stereocenters. The SMILES string of the molecule is CC(C)CCN1C[C@H]2C[C@H](C(=O)NCC3CC3)[C@@H](C1)O2. The second-order valence-corrected chi connectivity index (χ2v) is 7.27. The zero-order valence-electron chi connectivity index (χ0n) is 12.8. The van der Waals surface area contributed by atoms with Gasteiger partial charge >= 0.3 is 0 Å². The van der Waals surface area contributed by atoms with Crippen LogP contribution in [0.1, 0.15) is 39.5 Å². The molecule has 0 aromatic carbocycles. The van der Waals surface area contributed by atoms with Gasteiger partial charge in [-0.05, 0) is 44.1 Å². The van der Waals surface area contributed by atoms with Crippen LogP contribution in [0.15, 0.2) is 0 Å². The number of carbonyl (C=O) groups excluding carboxylic acids is 1. The highest BCUT2D eigenvalue weighted by molar-refractivity contribution is 5.79. The Balaban J connectivity index is 1.48. The number of carbonyl (C=O) groups is 1. The van der Waals surface area contributed by atoms with Crippen molar-refractivity contribution in [2.24, 2.45) is 17.8 Å². The summed E-state index contributed by atoms with van der Waals surface area (Å²) in [5, 5.41) is 3.13. The molecular formula is C16H28N2O2. The molecule has 1 saturated carbocycles. The summed E-state index contributed by atoms with van der Waals surface area (Å²) in [7, 11) is 0. The van der Waals surface area contributed by atoms with E-state index in [9.17, 15) is 4.79 Å². The summed E-state index contributed by atoms with van der Waals surface area (Å²) >= 11 is 0. The molecule has 2 saturated heterocycles. The number of fused-ring (bicyclic) bond motifs is 2. The van der Waals surface area contributed by atoms with Crippen LogP contribution in [-0.4, -0.2) is 49.2 Å². The second-order valence-electron chi connectivity index (χ2n) is 7.27. The number of hydrogen-bond donors (Lipinski definition) is 1. The number of morpholine rings is 1. The summed E-state index contributed by atoms with van der Waals surface area (Å²) in [5.41, 5.74) is 0. The fourth-order valence-electron chi connectivity index (χ4n) is 3.33. The van der Waals surface area contributed by atoms with Crippen LogP contribution in [0.2, 0.25) is 0 Å². The molecule has 3 fully saturated rings. The molecule has 1 amide bonds. The molecule has 0 unspecified atom stereocenters. The highest BCUT2D eigenvalue weighted by Crippen LogP contribution is 2.33. The van der Waals surface area contributed by atoms with E-state index < -0.39 is 0 Å². The Morgan fingerprint density at radius 2 is 2.15 bits per heavy atom. The normalized spacial score (nSPS) is 33.6. The molecule has 1 N–H and O–H groups in total. The third kappa shape index (κ3) is 3.53. The van der Waals surface area contributed by atoms with Crippen molar-refractivity contribution in [3.05, 3.63) is 0 Å². The molecule has 3 aliphatic rings. The third-order valence-corrected chi connectivity index (χ3v) is 4.85. The number of hydrogen-bond acceptors (Lipinski definition) is 3. The third-order valence-electron chi connectivity index (χ3n) is 4.85. The van der Waals surface area contributed by atoms with Crippen LogP contribution in [0, 0.1) is 17.8 Å². The highest BCUT2D eigenvalue weighted by atomic mass is 16.5. The first kappa shape index (κ1) is 14.3. The molecule has 0 spiro atoms. The summed E-state index contributed by atoms with van der Waals surface area (Å²) in [5.74, 6) is 1.81. The second kappa shape index (κ2) is 6.02. The van der Waals surface area contributed by atoms with Crippen LogP contribution in [0.25, 0.3) is 0 Å². The topological polar surface area (TPSA) is 41.6 Å². The van der Waals surface area contributed by atoms with E-state index >= 15 is 0 Å². The molecule has 2 aliphatic heterocycles. The molecule has 1 aliphatic carbocycles. The van der Waals surface area contributed by atoms with E-state index in [1.807, 2.05) is 0 Å². The number of nitrogens with one attached hydrogen (secondary N) is 1. The highest BCUT2D eigenvalue weighted by Gasteiger charge is 2.44. The monoisotopic (exact) mass is 280 g/mol. The molecule has 4 heteroatoms. The van der Waals surface area contributed by atoms with E-state index in [1.165, 1.54) is 19.3 Å². The summed E-state index contributed by atoms with van der Waals surface area (Å²) in [6.45, 7) is 8.50. The molecule has 2 bridgehead atoms. The average molecular weight is 280 g/mol. The van der Waals surface area contributed by atoms with Gasteiger partial charge < -0.3 is 10.1 Å². The number of amides is 1. The van der Waals surface area contributed by atoms with Crippen molar-refractivity contribution in [1.29, 1.82) is 0 Å². The van der Waals surface area contributed by atoms with E-state index in [1.54, 1.807) is 0 Å². The lowest BCUT2D eigenvalue weighted by atomic mass is 9.99. The maximum absolute atomic E-state index is 12.3. The fourth-order valence-corrected chi connectivity index (χ4v) is 3.33. The van der Waals surface area contributed by atoms with Crippen molar-refractivity contribution < 1.29 is 9.53 Å². The first-order valence-electron chi connectivity index (χ1n) is 8.27. The first-order chi connectivity index (χ1) is 9.61. The minimum absolute atomic E-state index is 0.0859. The number of rotatable bonds is 6. The molecule has 3 rings (SSSR count). The van der Waals surface area contributed by atoms with Gasteiger partial charge in [0.25, 0.3) is 0 Å². The van der Waals surface area contributed by atoms with E-state index in [2.05, 4.69) is 24.1 Å². The predicted octanol–water partition coefficient (Wildman–Crippen LogP) is 1.65. The predicted molar refractivity (Wildman–Crippen MR) is 78.4 cm³/mol. The Hall–Kier alpha value is -0.610. The van der Waals surface area contributed by atoms with Crippen LogP contribution in [-0.2, 0) is 9.53 Å². The van der Waals surface area contributed by atoms with Crippen LogP contribution < -0.4 is 5.32 Å². The van der Waals surface area contributed by atoms with Crippen LogP contribution in [0.4, 0.5) is 0 Å². The van der Waals surface area contributed by atoms with Gasteiger partial charge in [0.15, 0.2) is 0 Å². The summed E-state index contributed by atoms with van der Waals surface area (Å²) in [6.07, 6.45) is 5.13. The smallest absolute Gasteiger partial charge is 0.225 e. The molecule has 0 aromatic rings. The lowest BCUT2D eigenvalue weighted by Gasteiger charge is -2.33. The van der Waals surface area contributed by atoms with Gasteiger partial charge in [-0.1, -0.05) is 13.8 Å². The summed E-state index contributed by atoms with van der Waals surface area (Å²) in [6, 6.07) is 0. The Kier molecular flexibility index (Phi) is 4.32. The van der Waals surface area contributed by atoms with Crippen molar-refractivity contribution >= 4 is 5.91 Å². The fraction of sp³-hybridized carbons (Fsp3) is 0.938. The molecule has 20 heavy (non-hydrogen) atoms. The Morgan fingerprint density at radius 1 is 1.35 bits per heavy atom. The van der Waals surface area contributed by atoms with Crippen molar-refractivity contribution in [2.45, 2.75) is 51.7 Å². The summed E-state index contributed by atoms with van der Waals surface area (Å²) in [4.78, 5) is 14.8. The van der Waals surface area contributed by atoms with Crippen LogP contribution >= 0.6 is 0 Å². The molecule has 0 radical (unpaired) electrons. The molecule has 4 nitrogen and oxygen atoms in total. The van der Waals surface area contributed by atoms with Crippen molar-refractivity contribution in [3.8, 4) is 0 Å². The lowest BCUT2D eigenvalue weighted by molar-refractivity contribution is -0.128. The first-order valence-corrected chi connectivity index (χ1v) is 8.27. The Morgan fingerprint density at radius 3 is 2.85 bits per heavy atom. The number of nitrogens with zero attached hydrogens (tertiary/aromatic N) is 1. The number of likely N-dealkylation sites (tertiary alicyclic amines) is 1. The van der Waals surface area contributed by atoms with E-state index in [4.69, 9.17) is 4.74 Å². The van der Waals surface area contributed by atoms with E-state index in [0.29, 0.717) is 0 Å². The van der Waals surface area contributed by atoms with Gasteiger partial charge in [0.2, 0.25) is 5.91 Å². The minimum atomic E-state index is 0.0859. The standard InChI is InChI=1S/C16H28N2O2/c1-11(2)5-6-18-9-13-7-14(15(10-18)20-13)16(19)17-8-12-3-4-12/h11-15H,3-10H2,1-2H3,(H,17,19)/t13-,14+,15-/m1/s1. The maximum Gasteiger partial charge on any atom is 0.225 e. The Labute approximate surface area is 122 Å². The minimum Gasteiger partial charge on any atom is -0.371 e. The van der Waals surface area contributed by atoms with E-state index in [0.717, 1.165) is 44.4 Å². The largest absolute Gasteiger partial charge is 0.371 e. The van der Waals surface area contributed by atoms with Crippen molar-refractivity contribution in [3.63, 3.8) is 0 Å². The molecule has 0 aromatic heterocycles. The van der Waals surface area contributed by atoms with Gasteiger partial charge in [-0.25, -0.2) is 0 Å². The van der Waals surface area contributed by atoms with Gasteiger partial charge in [0, 0.05) is 19.6 Å². The Bertz CT molecular complexity index is 354. The van der Waals surface area contributed by atoms with Crippen molar-refractivity contribution in [2.75, 3.05) is 26.2 Å². The zero-order valence-corrected chi connectivity index (χ0v) is 12.8. The van der Waals surface area contributed by atoms with Crippen molar-refractivity contribution in [1.82, 2.24) is 10.2 Å². The van der Waals surface area contributed by atoms with Gasteiger partial charge in [-0.3, -0.25) is 9.69 Å². The quantitative estimate of drug-likeness (QED) is 0.804. The molecular weight excluding hydrogens is 252 g/mol. The van der Waals surface area contributed by atoms with Gasteiger partial charge in [0.05, 0.1) is 18.1 Å². The molecule has 2 heterocycles.